The van der Waals surface area contributed by atoms with Gasteiger partial charge in [-0.15, -0.1) is 0 Å². The van der Waals surface area contributed by atoms with Crippen LogP contribution in [0, 0.1) is 0 Å². The highest BCUT2D eigenvalue weighted by Crippen LogP contribution is 2.19. The topological polar surface area (TPSA) is 96.7 Å². The molecule has 0 spiro atoms. The van der Waals surface area contributed by atoms with Crippen LogP contribution in [0.4, 0.5) is 0 Å². The fourth-order valence-electron chi connectivity index (χ4n) is 2.83. The third kappa shape index (κ3) is 6.04. The van der Waals surface area contributed by atoms with E-state index in [9.17, 15) is 18.0 Å². The monoisotopic (exact) mass is 460 g/mol. The normalized spacial score (nSPS) is 11.5. The van der Waals surface area contributed by atoms with Crippen LogP contribution < -0.4 is 5.32 Å². The van der Waals surface area contributed by atoms with Crippen molar-refractivity contribution in [1.82, 2.24) is 9.62 Å². The molecular formula is C22H21ClN2O5S. The summed E-state index contributed by atoms with van der Waals surface area (Å²) in [5, 5.41) is 3.30. The molecule has 0 bridgehead atoms. The Bertz CT molecular complexity index is 1140. The van der Waals surface area contributed by atoms with Gasteiger partial charge in [-0.2, -0.15) is 4.31 Å². The molecule has 31 heavy (non-hydrogen) atoms. The van der Waals surface area contributed by atoms with Gasteiger partial charge in [0.05, 0.1) is 24.2 Å². The number of nitrogens with one attached hydrogen (secondary N) is 1. The number of halogens is 1. The molecule has 1 aromatic heterocycles. The fraction of sp³-hybridized carbons (Fsp3) is 0.182. The number of hydrogen-bond acceptors (Lipinski definition) is 5. The number of Topliss-reactive ketones (excluding diaryl/α,β-unsaturated/α-hetero) is 1. The number of furan rings is 1. The van der Waals surface area contributed by atoms with Gasteiger partial charge in [0.2, 0.25) is 15.9 Å². The van der Waals surface area contributed by atoms with Crippen molar-refractivity contribution in [2.45, 2.75) is 24.9 Å². The molecule has 162 valence electrons. The molecule has 3 rings (SSSR count). The van der Waals surface area contributed by atoms with Crippen LogP contribution >= 0.6 is 11.6 Å². The molecular weight excluding hydrogens is 440 g/mol. The molecule has 0 aliphatic heterocycles. The maximum Gasteiger partial charge on any atom is 0.243 e. The van der Waals surface area contributed by atoms with Crippen LogP contribution in [0.3, 0.4) is 0 Å². The molecule has 3 aromatic rings. The zero-order valence-corrected chi connectivity index (χ0v) is 18.3. The minimum atomic E-state index is -4.02. The summed E-state index contributed by atoms with van der Waals surface area (Å²) >= 11 is 5.86. The Kier molecular flexibility index (Phi) is 7.27. The van der Waals surface area contributed by atoms with Crippen LogP contribution in [0.2, 0.25) is 5.02 Å². The first-order valence-corrected chi connectivity index (χ1v) is 11.2. The highest BCUT2D eigenvalue weighted by atomic mass is 35.5. The lowest BCUT2D eigenvalue weighted by Gasteiger charge is -2.21. The summed E-state index contributed by atoms with van der Waals surface area (Å²) in [5.41, 5.74) is 1.23. The SMILES string of the molecule is CC(=O)c1ccc(S(=O)(=O)N(CC(=O)NCc2ccc(Cl)cc2)Cc2ccco2)cc1. The molecule has 1 amide bonds. The number of benzene rings is 2. The van der Waals surface area contributed by atoms with Crippen molar-refractivity contribution < 1.29 is 22.4 Å². The van der Waals surface area contributed by atoms with Gasteiger partial charge in [0, 0.05) is 17.1 Å². The molecule has 0 saturated heterocycles. The van der Waals surface area contributed by atoms with Crippen molar-refractivity contribution in [3.05, 3.63) is 88.8 Å². The number of sulfonamides is 1. The van der Waals surface area contributed by atoms with E-state index in [1.54, 1.807) is 36.4 Å². The van der Waals surface area contributed by atoms with Crippen LogP contribution in [-0.4, -0.2) is 31.0 Å². The minimum Gasteiger partial charge on any atom is -0.468 e. The highest BCUT2D eigenvalue weighted by molar-refractivity contribution is 7.89. The zero-order chi connectivity index (χ0) is 22.4. The van der Waals surface area contributed by atoms with Gasteiger partial charge in [-0.05, 0) is 48.9 Å². The van der Waals surface area contributed by atoms with Crippen molar-refractivity contribution in [2.75, 3.05) is 6.54 Å². The first kappa shape index (κ1) is 22.7. The third-order valence-electron chi connectivity index (χ3n) is 4.53. The van der Waals surface area contributed by atoms with Crippen LogP contribution in [-0.2, 0) is 27.9 Å². The molecule has 0 saturated carbocycles. The second kappa shape index (κ2) is 9.91. The number of carbonyl (C=O) groups is 2. The first-order chi connectivity index (χ1) is 14.8. The van der Waals surface area contributed by atoms with Crippen LogP contribution in [0.5, 0.6) is 0 Å². The van der Waals surface area contributed by atoms with Gasteiger partial charge in [-0.3, -0.25) is 9.59 Å². The van der Waals surface area contributed by atoms with Crippen LogP contribution in [0.15, 0.2) is 76.2 Å². The molecule has 0 fully saturated rings. The number of amides is 1. The highest BCUT2D eigenvalue weighted by Gasteiger charge is 2.27. The third-order valence-corrected chi connectivity index (χ3v) is 6.59. The molecule has 1 heterocycles. The van der Waals surface area contributed by atoms with E-state index in [1.165, 1.54) is 37.5 Å². The number of nitrogens with zero attached hydrogens (tertiary/aromatic N) is 1. The standard InChI is InChI=1S/C22H21ClN2O5S/c1-16(26)18-6-10-21(11-7-18)31(28,29)25(14-20-3-2-12-30-20)15-22(27)24-13-17-4-8-19(23)9-5-17/h2-12H,13-15H2,1H3,(H,24,27). The smallest absolute Gasteiger partial charge is 0.243 e. The Labute approximate surface area is 185 Å². The lowest BCUT2D eigenvalue weighted by atomic mass is 10.2. The van der Waals surface area contributed by atoms with E-state index in [2.05, 4.69) is 5.32 Å². The van der Waals surface area contributed by atoms with Crippen molar-refractivity contribution in [3.8, 4) is 0 Å². The van der Waals surface area contributed by atoms with Crippen molar-refractivity contribution in [2.24, 2.45) is 0 Å². The van der Waals surface area contributed by atoms with Crippen LogP contribution in [0.1, 0.15) is 28.6 Å². The number of rotatable bonds is 9. The van der Waals surface area contributed by atoms with E-state index in [-0.39, 0.29) is 23.8 Å². The Morgan fingerprint density at radius 2 is 1.71 bits per heavy atom. The zero-order valence-electron chi connectivity index (χ0n) is 16.7. The van der Waals surface area contributed by atoms with E-state index >= 15 is 0 Å². The molecule has 0 aliphatic rings. The average Bonchev–Trinajstić information content (AvgIpc) is 3.26. The molecule has 7 nitrogen and oxygen atoms in total. The van der Waals surface area contributed by atoms with Gasteiger partial charge in [-0.1, -0.05) is 35.9 Å². The van der Waals surface area contributed by atoms with Gasteiger partial charge in [0.25, 0.3) is 0 Å². The van der Waals surface area contributed by atoms with Crippen molar-refractivity contribution in [3.63, 3.8) is 0 Å². The summed E-state index contributed by atoms with van der Waals surface area (Å²) in [6, 6.07) is 15.8. The van der Waals surface area contributed by atoms with E-state index in [4.69, 9.17) is 16.0 Å². The van der Waals surface area contributed by atoms with Gasteiger partial charge < -0.3 is 9.73 Å². The Morgan fingerprint density at radius 3 is 2.29 bits per heavy atom. The van der Waals surface area contributed by atoms with E-state index in [1.807, 2.05) is 0 Å². The van der Waals surface area contributed by atoms with Crippen molar-refractivity contribution in [1.29, 1.82) is 0 Å². The Morgan fingerprint density at radius 1 is 1.03 bits per heavy atom. The number of ketones is 1. The Hall–Kier alpha value is -2.94. The summed E-state index contributed by atoms with van der Waals surface area (Å²) in [4.78, 5) is 24.0. The van der Waals surface area contributed by atoms with Gasteiger partial charge in [-0.25, -0.2) is 8.42 Å². The summed E-state index contributed by atoms with van der Waals surface area (Å²) < 4.78 is 32.7. The van der Waals surface area contributed by atoms with Gasteiger partial charge >= 0.3 is 0 Å². The lowest BCUT2D eigenvalue weighted by Crippen LogP contribution is -2.40. The minimum absolute atomic E-state index is 0.0189. The van der Waals surface area contributed by atoms with Gasteiger partial charge in [0.15, 0.2) is 5.78 Å². The quantitative estimate of drug-likeness (QED) is 0.492. The Balaban J connectivity index is 1.77. The van der Waals surface area contributed by atoms with Gasteiger partial charge in [0.1, 0.15) is 5.76 Å². The van der Waals surface area contributed by atoms with E-state index in [0.29, 0.717) is 16.3 Å². The van der Waals surface area contributed by atoms with Crippen LogP contribution in [0.25, 0.3) is 0 Å². The molecule has 0 radical (unpaired) electrons. The lowest BCUT2D eigenvalue weighted by molar-refractivity contribution is -0.121. The predicted molar refractivity (Wildman–Crippen MR) is 116 cm³/mol. The summed E-state index contributed by atoms with van der Waals surface area (Å²) in [6.45, 7) is 1.12. The average molecular weight is 461 g/mol. The summed E-state index contributed by atoms with van der Waals surface area (Å²) in [7, 11) is -4.02. The maximum atomic E-state index is 13.2. The molecule has 9 heteroatoms. The second-order valence-electron chi connectivity index (χ2n) is 6.84. The molecule has 0 atom stereocenters. The largest absolute Gasteiger partial charge is 0.468 e. The number of hydrogen-bond donors (Lipinski definition) is 1. The maximum absolute atomic E-state index is 13.2. The molecule has 0 unspecified atom stereocenters. The molecule has 0 aliphatic carbocycles. The predicted octanol–water partition coefficient (Wildman–Crippen LogP) is 3.64. The van der Waals surface area contributed by atoms with E-state index in [0.717, 1.165) is 9.87 Å². The second-order valence-corrected chi connectivity index (χ2v) is 9.21. The van der Waals surface area contributed by atoms with E-state index < -0.39 is 22.5 Å². The molecule has 2 aromatic carbocycles. The van der Waals surface area contributed by atoms with Crippen molar-refractivity contribution >= 4 is 33.3 Å². The summed E-state index contributed by atoms with van der Waals surface area (Å²) in [5.74, 6) is -0.238. The fourth-order valence-corrected chi connectivity index (χ4v) is 4.32. The first-order valence-electron chi connectivity index (χ1n) is 9.40. The number of carbonyl (C=O) groups excluding carboxylic acids is 2. The molecule has 1 N–H and O–H groups in total. The summed E-state index contributed by atoms with van der Waals surface area (Å²) in [6.07, 6.45) is 1.43.